The van der Waals surface area contributed by atoms with Crippen LogP contribution in [-0.2, 0) is 25.4 Å². The van der Waals surface area contributed by atoms with Crippen molar-refractivity contribution in [3.05, 3.63) is 67.6 Å². The van der Waals surface area contributed by atoms with E-state index in [4.69, 9.17) is 9.15 Å². The van der Waals surface area contributed by atoms with E-state index in [0.717, 1.165) is 4.57 Å². The monoisotopic (exact) mass is 473 g/mol. The molecule has 0 aliphatic carbocycles. The summed E-state index contributed by atoms with van der Waals surface area (Å²) in [7, 11) is 2.82. The van der Waals surface area contributed by atoms with Crippen molar-refractivity contribution in [1.82, 2.24) is 18.7 Å². The maximum atomic E-state index is 12.8. The Morgan fingerprint density at radius 3 is 2.82 bits per heavy atom. The lowest BCUT2D eigenvalue weighted by atomic mass is 10.3. The summed E-state index contributed by atoms with van der Waals surface area (Å²) >= 11 is 0. The molecule has 0 spiro atoms. The van der Waals surface area contributed by atoms with Crippen molar-refractivity contribution < 1.29 is 19.2 Å². The number of hydrogen-bond acceptors (Lipinski definition) is 10. The first-order valence-electron chi connectivity index (χ1n) is 9.97. The Labute approximate surface area is 191 Å². The summed E-state index contributed by atoms with van der Waals surface area (Å²) in [5, 5.41) is 25.0. The van der Waals surface area contributed by atoms with Crippen molar-refractivity contribution in [2.75, 3.05) is 18.6 Å². The number of hydrazone groups is 1. The number of aromatic nitrogens is 4. The fourth-order valence-corrected chi connectivity index (χ4v) is 3.07. The fourth-order valence-electron chi connectivity index (χ4n) is 3.07. The fraction of sp³-hybridized carbons (Fsp3) is 0.300. The molecule has 180 valence electrons. The first-order chi connectivity index (χ1) is 16.2. The highest BCUT2D eigenvalue weighted by Gasteiger charge is 2.21. The van der Waals surface area contributed by atoms with Gasteiger partial charge in [-0.15, -0.1) is 6.58 Å². The highest BCUT2D eigenvalue weighted by atomic mass is 16.6. The van der Waals surface area contributed by atoms with Crippen molar-refractivity contribution in [2.24, 2.45) is 19.2 Å². The lowest BCUT2D eigenvalue weighted by Crippen LogP contribution is -2.38. The Balaban J connectivity index is 1.88. The van der Waals surface area contributed by atoms with Crippen LogP contribution in [0.5, 0.6) is 0 Å². The number of furan rings is 1. The summed E-state index contributed by atoms with van der Waals surface area (Å²) in [6, 6.07) is 2.66. The zero-order valence-corrected chi connectivity index (χ0v) is 18.4. The van der Waals surface area contributed by atoms with Crippen LogP contribution in [-0.4, -0.2) is 54.2 Å². The number of fused-ring (bicyclic) bond motifs is 1. The molecule has 14 heteroatoms. The molecule has 3 aromatic rings. The summed E-state index contributed by atoms with van der Waals surface area (Å²) < 4.78 is 13.8. The third-order valence-electron chi connectivity index (χ3n) is 4.67. The number of aliphatic hydroxyl groups is 1. The largest absolute Gasteiger partial charge is 0.433 e. The molecule has 0 amide bonds. The molecule has 3 aromatic heterocycles. The molecule has 0 aliphatic heterocycles. The predicted molar refractivity (Wildman–Crippen MR) is 124 cm³/mol. The normalized spacial score (nSPS) is 12.7. The van der Waals surface area contributed by atoms with E-state index in [1.807, 2.05) is 0 Å². The van der Waals surface area contributed by atoms with Crippen LogP contribution in [0, 0.1) is 10.1 Å². The van der Waals surface area contributed by atoms with Crippen molar-refractivity contribution in [3.8, 4) is 0 Å². The van der Waals surface area contributed by atoms with E-state index in [0.29, 0.717) is 0 Å². The number of nitrogens with one attached hydrogen (secondary N) is 1. The van der Waals surface area contributed by atoms with Crippen LogP contribution in [0.15, 0.2) is 50.0 Å². The van der Waals surface area contributed by atoms with Gasteiger partial charge in [0.2, 0.25) is 5.95 Å². The van der Waals surface area contributed by atoms with Gasteiger partial charge in [0.05, 0.1) is 31.9 Å². The molecule has 0 aliphatic rings. The van der Waals surface area contributed by atoms with Gasteiger partial charge in [0.1, 0.15) is 10.7 Å². The van der Waals surface area contributed by atoms with E-state index in [1.165, 1.54) is 53.7 Å². The number of hydrogen-bond donors (Lipinski definition) is 2. The van der Waals surface area contributed by atoms with E-state index in [9.17, 15) is 24.8 Å². The van der Waals surface area contributed by atoms with Gasteiger partial charge in [0, 0.05) is 20.3 Å². The van der Waals surface area contributed by atoms with Gasteiger partial charge in [-0.2, -0.15) is 10.1 Å². The molecule has 1 atom stereocenters. The van der Waals surface area contributed by atoms with Crippen LogP contribution in [0.1, 0.15) is 5.76 Å². The Kier molecular flexibility index (Phi) is 7.55. The Hall–Kier alpha value is -4.30. The number of aliphatic hydroxyl groups excluding tert-OH is 1. The van der Waals surface area contributed by atoms with Gasteiger partial charge in [-0.3, -0.25) is 24.0 Å². The highest BCUT2D eigenvalue weighted by Crippen LogP contribution is 2.17. The number of rotatable bonds is 11. The Bertz CT molecular complexity index is 1380. The van der Waals surface area contributed by atoms with Crippen molar-refractivity contribution in [3.63, 3.8) is 0 Å². The van der Waals surface area contributed by atoms with Crippen LogP contribution in [0.4, 0.5) is 11.8 Å². The number of allylic oxidation sites excluding steroid dienone is 1. The third kappa shape index (κ3) is 5.19. The van der Waals surface area contributed by atoms with Crippen molar-refractivity contribution in [2.45, 2.75) is 12.6 Å². The topological polar surface area (TPSA) is 172 Å². The van der Waals surface area contributed by atoms with Crippen LogP contribution >= 0.6 is 0 Å². The molecule has 3 rings (SSSR count). The molecule has 0 fully saturated rings. The lowest BCUT2D eigenvalue weighted by molar-refractivity contribution is -0.402. The molecule has 0 bridgehead atoms. The molecule has 14 nitrogen and oxygen atoms in total. The molecule has 3 heterocycles. The maximum Gasteiger partial charge on any atom is 0.433 e. The van der Waals surface area contributed by atoms with Crippen molar-refractivity contribution in [1.29, 1.82) is 0 Å². The Morgan fingerprint density at radius 2 is 2.15 bits per heavy atom. The molecular formula is C20H23N7O7. The summed E-state index contributed by atoms with van der Waals surface area (Å²) in [4.78, 5) is 39.4. The smallest absolute Gasteiger partial charge is 0.401 e. The quantitative estimate of drug-likeness (QED) is 0.133. The third-order valence-corrected chi connectivity index (χ3v) is 4.67. The van der Waals surface area contributed by atoms with Gasteiger partial charge < -0.3 is 18.8 Å². The summed E-state index contributed by atoms with van der Waals surface area (Å²) in [6.07, 6.45) is 4.81. The number of nitrogens with zero attached hydrogens (tertiary/aromatic N) is 6. The second kappa shape index (κ2) is 10.5. The highest BCUT2D eigenvalue weighted by molar-refractivity contribution is 5.79. The molecule has 0 saturated carbocycles. The number of ether oxygens (including phenoxy) is 1. The molecule has 34 heavy (non-hydrogen) atoms. The molecule has 1 unspecified atom stereocenters. The van der Waals surface area contributed by atoms with Gasteiger partial charge in [-0.05, 0) is 18.2 Å². The summed E-state index contributed by atoms with van der Waals surface area (Å²) in [5.41, 5.74) is 1.76. The van der Waals surface area contributed by atoms with Gasteiger partial charge in [0.15, 0.2) is 11.2 Å². The second-order valence-corrected chi connectivity index (χ2v) is 7.09. The minimum atomic E-state index is -0.988. The number of nitro groups is 1. The average molecular weight is 473 g/mol. The van der Waals surface area contributed by atoms with Gasteiger partial charge in [0.25, 0.3) is 5.56 Å². The van der Waals surface area contributed by atoms with E-state index < -0.39 is 22.3 Å². The molecule has 0 radical (unpaired) electrons. The van der Waals surface area contributed by atoms with E-state index >= 15 is 0 Å². The van der Waals surface area contributed by atoms with Gasteiger partial charge in [-0.25, -0.2) is 10.2 Å². The second-order valence-electron chi connectivity index (χ2n) is 7.09. The molecular weight excluding hydrogens is 450 g/mol. The number of anilines is 1. The van der Waals surface area contributed by atoms with Crippen LogP contribution in [0.2, 0.25) is 0 Å². The Morgan fingerprint density at radius 1 is 1.38 bits per heavy atom. The van der Waals surface area contributed by atoms with Gasteiger partial charge in [-0.1, -0.05) is 6.08 Å². The standard InChI is InChI=1S/C20H23N7O7/c1-4-10-33-12-13(28)11-26-16-17(24(2)20(30)25(3)18(16)29)22-19(26)23-21-9-5-6-14-7-8-15(34-14)27(31)32/h4-9,13,28H,1,10-12H2,2-3H3,(H,22,23)/b6-5+,21-9-. The van der Waals surface area contributed by atoms with E-state index in [1.54, 1.807) is 6.08 Å². The predicted octanol–water partition coefficient (Wildman–Crippen LogP) is 0.609. The zero-order chi connectivity index (χ0) is 24.8. The maximum absolute atomic E-state index is 12.8. The van der Waals surface area contributed by atoms with E-state index in [-0.39, 0.29) is 48.5 Å². The first-order valence-corrected chi connectivity index (χ1v) is 9.97. The van der Waals surface area contributed by atoms with E-state index in [2.05, 4.69) is 22.1 Å². The zero-order valence-electron chi connectivity index (χ0n) is 18.4. The molecule has 0 saturated heterocycles. The number of aryl methyl sites for hydroxylation is 1. The minimum Gasteiger partial charge on any atom is -0.401 e. The SMILES string of the molecule is C=CCOCC(O)Cn1c(N/N=C\C=C\c2ccc([N+](=O)[O-])o2)nc2c1c(=O)n(C)c(=O)n2C. The first kappa shape index (κ1) is 24.3. The van der Waals surface area contributed by atoms with Crippen LogP contribution < -0.4 is 16.7 Å². The van der Waals surface area contributed by atoms with Crippen molar-refractivity contribution >= 4 is 35.3 Å². The van der Waals surface area contributed by atoms with Crippen LogP contribution in [0.25, 0.3) is 17.2 Å². The number of imidazole rings is 1. The summed E-state index contributed by atoms with van der Waals surface area (Å²) in [5.74, 6) is -0.0212. The lowest BCUT2D eigenvalue weighted by Gasteiger charge is -2.14. The molecule has 0 aromatic carbocycles. The van der Waals surface area contributed by atoms with Crippen LogP contribution in [0.3, 0.4) is 0 Å². The molecule has 2 N–H and O–H groups in total. The average Bonchev–Trinajstić information content (AvgIpc) is 3.42. The summed E-state index contributed by atoms with van der Waals surface area (Å²) in [6.45, 7) is 3.71. The minimum absolute atomic E-state index is 0.0154. The van der Waals surface area contributed by atoms with Gasteiger partial charge >= 0.3 is 11.6 Å².